The van der Waals surface area contributed by atoms with Gasteiger partial charge in [-0.2, -0.15) is 4.98 Å². The molecule has 2 unspecified atom stereocenters. The number of hydrogen-bond donors (Lipinski definition) is 0. The largest absolute Gasteiger partial charge is 0.381 e. The lowest BCUT2D eigenvalue weighted by molar-refractivity contribution is -0.120. The standard InChI is InChI=1S/C14H20N2O3/c17-12-7-3-1-2-6-11(12)14-15-13(16-19-14)10-5-4-8-18-9-10/h10-11H,1-9H2. The molecule has 0 radical (unpaired) electrons. The van der Waals surface area contributed by atoms with Crippen LogP contribution in [-0.2, 0) is 9.53 Å². The summed E-state index contributed by atoms with van der Waals surface area (Å²) in [4.78, 5) is 16.5. The van der Waals surface area contributed by atoms with Crippen molar-refractivity contribution in [3.05, 3.63) is 11.7 Å². The minimum atomic E-state index is -0.173. The molecule has 19 heavy (non-hydrogen) atoms. The van der Waals surface area contributed by atoms with Gasteiger partial charge in [-0.1, -0.05) is 18.0 Å². The Kier molecular flexibility index (Phi) is 3.92. The fourth-order valence-corrected chi connectivity index (χ4v) is 2.92. The highest BCUT2D eigenvalue weighted by molar-refractivity contribution is 5.84. The van der Waals surface area contributed by atoms with E-state index in [2.05, 4.69) is 10.1 Å². The molecule has 1 aliphatic heterocycles. The van der Waals surface area contributed by atoms with Gasteiger partial charge in [-0.3, -0.25) is 4.79 Å². The second-order valence-electron chi connectivity index (χ2n) is 5.52. The van der Waals surface area contributed by atoms with Gasteiger partial charge in [0.05, 0.1) is 12.5 Å². The van der Waals surface area contributed by atoms with Gasteiger partial charge in [0.25, 0.3) is 0 Å². The monoisotopic (exact) mass is 264 g/mol. The van der Waals surface area contributed by atoms with Crippen molar-refractivity contribution in [1.82, 2.24) is 10.1 Å². The third-order valence-corrected chi connectivity index (χ3v) is 4.09. The second kappa shape index (κ2) is 5.82. The summed E-state index contributed by atoms with van der Waals surface area (Å²) in [7, 11) is 0. The summed E-state index contributed by atoms with van der Waals surface area (Å²) >= 11 is 0. The number of rotatable bonds is 2. The fraction of sp³-hybridized carbons (Fsp3) is 0.786. The van der Waals surface area contributed by atoms with Crippen LogP contribution in [0.3, 0.4) is 0 Å². The summed E-state index contributed by atoms with van der Waals surface area (Å²) < 4.78 is 10.8. The zero-order chi connectivity index (χ0) is 13.1. The van der Waals surface area contributed by atoms with Crippen molar-refractivity contribution >= 4 is 5.78 Å². The Hall–Kier alpha value is -1.23. The molecule has 1 aromatic rings. The number of Topliss-reactive ketones (excluding diaryl/α,β-unsaturated/α-hetero) is 1. The maximum atomic E-state index is 12.0. The maximum Gasteiger partial charge on any atom is 0.237 e. The summed E-state index contributed by atoms with van der Waals surface area (Å²) in [6, 6.07) is 0. The smallest absolute Gasteiger partial charge is 0.237 e. The molecule has 5 nitrogen and oxygen atoms in total. The van der Waals surface area contributed by atoms with E-state index in [9.17, 15) is 4.79 Å². The first-order chi connectivity index (χ1) is 9.34. The molecule has 2 fully saturated rings. The molecule has 5 heteroatoms. The van der Waals surface area contributed by atoms with Gasteiger partial charge in [0.15, 0.2) is 5.82 Å². The van der Waals surface area contributed by atoms with Crippen molar-refractivity contribution in [2.75, 3.05) is 13.2 Å². The normalized spacial score (nSPS) is 29.2. The first-order valence-electron chi connectivity index (χ1n) is 7.28. The molecule has 0 spiro atoms. The van der Waals surface area contributed by atoms with E-state index in [0.29, 0.717) is 24.7 Å². The summed E-state index contributed by atoms with van der Waals surface area (Å²) in [5, 5.41) is 4.06. The summed E-state index contributed by atoms with van der Waals surface area (Å²) in [6.45, 7) is 1.49. The molecule has 1 saturated carbocycles. The molecule has 1 saturated heterocycles. The molecule has 0 bridgehead atoms. The molecular weight excluding hydrogens is 244 g/mol. The zero-order valence-corrected chi connectivity index (χ0v) is 11.1. The Morgan fingerprint density at radius 2 is 2.05 bits per heavy atom. The predicted molar refractivity (Wildman–Crippen MR) is 67.9 cm³/mol. The lowest BCUT2D eigenvalue weighted by atomic mass is 9.98. The summed E-state index contributed by atoms with van der Waals surface area (Å²) in [6.07, 6.45) is 6.76. The van der Waals surface area contributed by atoms with Crippen molar-refractivity contribution in [3.8, 4) is 0 Å². The van der Waals surface area contributed by atoms with Gasteiger partial charge < -0.3 is 9.26 Å². The molecule has 1 aromatic heterocycles. The van der Waals surface area contributed by atoms with Crippen LogP contribution in [0.15, 0.2) is 4.52 Å². The van der Waals surface area contributed by atoms with E-state index in [1.807, 2.05) is 0 Å². The minimum absolute atomic E-state index is 0.173. The molecule has 0 aromatic carbocycles. The van der Waals surface area contributed by atoms with Crippen LogP contribution in [0.1, 0.15) is 68.5 Å². The highest BCUT2D eigenvalue weighted by Crippen LogP contribution is 2.30. The SMILES string of the molecule is O=C1CCCCCC1c1nc(C2CCCOC2)no1. The van der Waals surface area contributed by atoms with E-state index in [1.54, 1.807) is 0 Å². The third kappa shape index (κ3) is 2.86. The van der Waals surface area contributed by atoms with Crippen LogP contribution in [0.4, 0.5) is 0 Å². The number of ketones is 1. The van der Waals surface area contributed by atoms with Crippen molar-refractivity contribution in [2.45, 2.75) is 56.8 Å². The molecule has 0 amide bonds. The van der Waals surface area contributed by atoms with Gasteiger partial charge in [0.2, 0.25) is 5.89 Å². The number of aromatic nitrogens is 2. The van der Waals surface area contributed by atoms with E-state index in [-0.39, 0.29) is 17.6 Å². The average Bonchev–Trinajstić information content (AvgIpc) is 2.83. The molecule has 3 rings (SSSR count). The van der Waals surface area contributed by atoms with E-state index < -0.39 is 0 Å². The van der Waals surface area contributed by atoms with Crippen molar-refractivity contribution < 1.29 is 14.1 Å². The Morgan fingerprint density at radius 1 is 1.11 bits per heavy atom. The van der Waals surface area contributed by atoms with Crippen LogP contribution < -0.4 is 0 Å². The Labute approximate surface area is 112 Å². The van der Waals surface area contributed by atoms with Crippen LogP contribution in [0, 0.1) is 0 Å². The van der Waals surface area contributed by atoms with E-state index in [0.717, 1.165) is 45.1 Å². The lowest BCUT2D eigenvalue weighted by Gasteiger charge is -2.18. The summed E-state index contributed by atoms with van der Waals surface area (Å²) in [5.74, 6) is 1.55. The van der Waals surface area contributed by atoms with E-state index in [4.69, 9.17) is 9.26 Å². The molecule has 2 aliphatic rings. The first-order valence-corrected chi connectivity index (χ1v) is 7.28. The highest BCUT2D eigenvalue weighted by atomic mass is 16.5. The van der Waals surface area contributed by atoms with E-state index in [1.165, 1.54) is 0 Å². The number of carbonyl (C=O) groups is 1. The lowest BCUT2D eigenvalue weighted by Crippen LogP contribution is -2.17. The van der Waals surface area contributed by atoms with Crippen LogP contribution in [0.5, 0.6) is 0 Å². The van der Waals surface area contributed by atoms with Crippen LogP contribution >= 0.6 is 0 Å². The average molecular weight is 264 g/mol. The van der Waals surface area contributed by atoms with Crippen LogP contribution in [0.2, 0.25) is 0 Å². The fourth-order valence-electron chi connectivity index (χ4n) is 2.92. The van der Waals surface area contributed by atoms with Gasteiger partial charge in [0, 0.05) is 18.9 Å². The molecule has 0 N–H and O–H groups in total. The topological polar surface area (TPSA) is 65.2 Å². The molecule has 2 heterocycles. The number of ether oxygens (including phenoxy) is 1. The number of hydrogen-bond acceptors (Lipinski definition) is 5. The first kappa shape index (κ1) is 12.8. The van der Waals surface area contributed by atoms with Crippen LogP contribution in [-0.4, -0.2) is 29.1 Å². The van der Waals surface area contributed by atoms with Gasteiger partial charge >= 0.3 is 0 Å². The van der Waals surface area contributed by atoms with Gasteiger partial charge in [0.1, 0.15) is 5.78 Å². The number of nitrogens with zero attached hydrogens (tertiary/aromatic N) is 2. The van der Waals surface area contributed by atoms with Gasteiger partial charge in [-0.05, 0) is 25.7 Å². The Morgan fingerprint density at radius 3 is 2.89 bits per heavy atom. The van der Waals surface area contributed by atoms with Crippen molar-refractivity contribution in [1.29, 1.82) is 0 Å². The van der Waals surface area contributed by atoms with Crippen molar-refractivity contribution in [3.63, 3.8) is 0 Å². The van der Waals surface area contributed by atoms with Crippen LogP contribution in [0.25, 0.3) is 0 Å². The Bertz CT molecular complexity index is 438. The van der Waals surface area contributed by atoms with E-state index >= 15 is 0 Å². The zero-order valence-electron chi connectivity index (χ0n) is 11.1. The Balaban J connectivity index is 1.74. The highest BCUT2D eigenvalue weighted by Gasteiger charge is 2.29. The minimum Gasteiger partial charge on any atom is -0.381 e. The third-order valence-electron chi connectivity index (χ3n) is 4.09. The second-order valence-corrected chi connectivity index (χ2v) is 5.52. The predicted octanol–water partition coefficient (Wildman–Crippen LogP) is 2.58. The molecule has 104 valence electrons. The molecule has 1 aliphatic carbocycles. The maximum absolute atomic E-state index is 12.0. The summed E-state index contributed by atoms with van der Waals surface area (Å²) in [5.41, 5.74) is 0. The quantitative estimate of drug-likeness (QED) is 0.768. The van der Waals surface area contributed by atoms with Gasteiger partial charge in [-0.25, -0.2) is 0 Å². The number of carbonyl (C=O) groups excluding carboxylic acids is 1. The molecular formula is C14H20N2O3. The molecule has 2 atom stereocenters. The van der Waals surface area contributed by atoms with Gasteiger partial charge in [-0.15, -0.1) is 0 Å². The van der Waals surface area contributed by atoms with Crippen molar-refractivity contribution in [2.24, 2.45) is 0 Å².